The Kier molecular flexibility index (Phi) is 6.28. The Balaban J connectivity index is 1.62. The van der Waals surface area contributed by atoms with Crippen LogP contribution in [0.3, 0.4) is 0 Å². The number of fused-ring (bicyclic) bond motifs is 1. The van der Waals surface area contributed by atoms with Gasteiger partial charge in [0.15, 0.2) is 11.5 Å². The second-order valence-electron chi connectivity index (χ2n) is 7.07. The second kappa shape index (κ2) is 9.13. The monoisotopic (exact) mass is 452 g/mol. The number of halogens is 4. The van der Waals surface area contributed by atoms with Crippen LogP contribution in [0.4, 0.5) is 29.1 Å². The van der Waals surface area contributed by atoms with Gasteiger partial charge in [-0.1, -0.05) is 0 Å². The predicted octanol–water partition coefficient (Wildman–Crippen LogP) is 3.91. The molecule has 0 spiro atoms. The minimum atomic E-state index is -4.82. The number of hydrogen-bond donors (Lipinski definition) is 2. The van der Waals surface area contributed by atoms with Gasteiger partial charge in [0, 0.05) is 30.2 Å². The first-order chi connectivity index (χ1) is 15.3. The molecule has 1 atom stereocenters. The lowest BCUT2D eigenvalue weighted by Gasteiger charge is -2.24. The molecule has 1 aliphatic rings. The summed E-state index contributed by atoms with van der Waals surface area (Å²) in [6, 6.07) is 5.93. The van der Waals surface area contributed by atoms with Crippen molar-refractivity contribution >= 4 is 22.4 Å². The van der Waals surface area contributed by atoms with Crippen molar-refractivity contribution in [2.45, 2.75) is 12.3 Å². The zero-order valence-corrected chi connectivity index (χ0v) is 17.0. The molecule has 1 saturated heterocycles. The molecule has 0 radical (unpaired) electrons. The standard InChI is InChI=1S/C21H20F4N4O3/c1-30-18-7-14-17(8-19(18)32-10-13-9-26-4-5-31-13)27-11-28-20(14)29-12-2-3-16(22)15(6-12)21(23,24)25/h2-3,6-8,11,13,26H,4-5,9-10H2,1H3,(H,27,28,29). The molecule has 170 valence electrons. The molecule has 0 bridgehead atoms. The van der Waals surface area contributed by atoms with E-state index in [1.165, 1.54) is 19.5 Å². The first-order valence-electron chi connectivity index (χ1n) is 9.77. The number of benzene rings is 2. The van der Waals surface area contributed by atoms with E-state index in [2.05, 4.69) is 20.6 Å². The minimum Gasteiger partial charge on any atom is -0.493 e. The molecule has 0 aliphatic carbocycles. The zero-order valence-electron chi connectivity index (χ0n) is 17.0. The molecule has 2 aromatic carbocycles. The molecular formula is C21H20F4N4O3. The first-order valence-corrected chi connectivity index (χ1v) is 9.77. The first kappa shape index (κ1) is 22.0. The number of morpholine rings is 1. The summed E-state index contributed by atoms with van der Waals surface area (Å²) in [6.07, 6.45) is -3.65. The van der Waals surface area contributed by atoms with Gasteiger partial charge in [0.25, 0.3) is 0 Å². The molecule has 1 fully saturated rings. The number of nitrogens with one attached hydrogen (secondary N) is 2. The van der Waals surface area contributed by atoms with E-state index in [4.69, 9.17) is 14.2 Å². The summed E-state index contributed by atoms with van der Waals surface area (Å²) >= 11 is 0. The number of methoxy groups -OCH3 is 1. The van der Waals surface area contributed by atoms with E-state index >= 15 is 0 Å². The summed E-state index contributed by atoms with van der Waals surface area (Å²) in [7, 11) is 1.47. The van der Waals surface area contributed by atoms with Crippen molar-refractivity contribution < 1.29 is 31.8 Å². The summed E-state index contributed by atoms with van der Waals surface area (Å²) in [5, 5.41) is 6.51. The molecule has 0 saturated carbocycles. The topological polar surface area (TPSA) is 77.5 Å². The quantitative estimate of drug-likeness (QED) is 0.549. The zero-order chi connectivity index (χ0) is 22.7. The SMILES string of the molecule is COc1cc2c(Nc3ccc(F)c(C(F)(F)F)c3)ncnc2cc1OCC1CNCCO1. The van der Waals surface area contributed by atoms with Gasteiger partial charge in [-0.25, -0.2) is 14.4 Å². The van der Waals surface area contributed by atoms with Crippen molar-refractivity contribution in [2.24, 2.45) is 0 Å². The molecule has 11 heteroatoms. The van der Waals surface area contributed by atoms with Gasteiger partial charge in [0.2, 0.25) is 0 Å². The van der Waals surface area contributed by atoms with Crippen molar-refractivity contribution in [3.05, 3.63) is 48.0 Å². The van der Waals surface area contributed by atoms with Crippen molar-refractivity contribution in [3.63, 3.8) is 0 Å². The largest absolute Gasteiger partial charge is 0.493 e. The normalized spacial score (nSPS) is 16.7. The number of anilines is 2. The maximum atomic E-state index is 13.6. The lowest BCUT2D eigenvalue weighted by molar-refractivity contribution is -0.139. The van der Waals surface area contributed by atoms with Gasteiger partial charge in [0.1, 0.15) is 30.7 Å². The van der Waals surface area contributed by atoms with E-state index in [1.807, 2.05) is 0 Å². The van der Waals surface area contributed by atoms with Crippen LogP contribution in [0.25, 0.3) is 10.9 Å². The Bertz CT molecular complexity index is 1100. The molecule has 3 aromatic rings. The molecule has 4 rings (SSSR count). The fourth-order valence-corrected chi connectivity index (χ4v) is 3.30. The molecule has 1 aliphatic heterocycles. The molecule has 2 N–H and O–H groups in total. The maximum Gasteiger partial charge on any atom is 0.419 e. The van der Waals surface area contributed by atoms with Crippen LogP contribution in [0.2, 0.25) is 0 Å². The van der Waals surface area contributed by atoms with Gasteiger partial charge in [0.05, 0.1) is 24.8 Å². The average molecular weight is 452 g/mol. The Labute approximate surface area is 180 Å². The highest BCUT2D eigenvalue weighted by molar-refractivity contribution is 5.93. The number of hydrogen-bond acceptors (Lipinski definition) is 7. The molecule has 1 unspecified atom stereocenters. The Morgan fingerprint density at radius 1 is 1.19 bits per heavy atom. The van der Waals surface area contributed by atoms with Crippen LogP contribution >= 0.6 is 0 Å². The van der Waals surface area contributed by atoms with Gasteiger partial charge in [-0.2, -0.15) is 13.2 Å². The van der Waals surface area contributed by atoms with Gasteiger partial charge >= 0.3 is 6.18 Å². The third kappa shape index (κ3) is 4.83. The van der Waals surface area contributed by atoms with Gasteiger partial charge in [-0.3, -0.25) is 0 Å². The van der Waals surface area contributed by atoms with Gasteiger partial charge in [-0.05, 0) is 24.3 Å². The number of rotatable bonds is 6. The molecule has 0 amide bonds. The number of nitrogens with zero attached hydrogens (tertiary/aromatic N) is 2. The highest BCUT2D eigenvalue weighted by atomic mass is 19.4. The fraction of sp³-hybridized carbons (Fsp3) is 0.333. The third-order valence-electron chi connectivity index (χ3n) is 4.88. The Morgan fingerprint density at radius 2 is 2.03 bits per heavy atom. The summed E-state index contributed by atoms with van der Waals surface area (Å²) in [5.74, 6) is -0.273. The van der Waals surface area contributed by atoms with Crippen molar-refractivity contribution in [1.29, 1.82) is 0 Å². The summed E-state index contributed by atoms with van der Waals surface area (Å²) in [4.78, 5) is 8.33. The highest BCUT2D eigenvalue weighted by Crippen LogP contribution is 2.36. The smallest absolute Gasteiger partial charge is 0.419 e. The second-order valence-corrected chi connectivity index (χ2v) is 7.07. The number of alkyl halides is 3. The van der Waals surface area contributed by atoms with Crippen LogP contribution in [0.1, 0.15) is 5.56 Å². The Hall–Kier alpha value is -3.18. The van der Waals surface area contributed by atoms with Crippen molar-refractivity contribution in [1.82, 2.24) is 15.3 Å². The van der Waals surface area contributed by atoms with Crippen LogP contribution in [0, 0.1) is 5.82 Å². The lowest BCUT2D eigenvalue weighted by Crippen LogP contribution is -2.41. The summed E-state index contributed by atoms with van der Waals surface area (Å²) in [6.45, 7) is 2.37. The van der Waals surface area contributed by atoms with Gasteiger partial charge < -0.3 is 24.8 Å². The van der Waals surface area contributed by atoms with Crippen LogP contribution in [0.15, 0.2) is 36.7 Å². The van der Waals surface area contributed by atoms with E-state index in [1.54, 1.807) is 12.1 Å². The van der Waals surface area contributed by atoms with E-state index in [-0.39, 0.29) is 17.6 Å². The average Bonchev–Trinajstić information content (AvgIpc) is 2.78. The highest BCUT2D eigenvalue weighted by Gasteiger charge is 2.34. The van der Waals surface area contributed by atoms with E-state index in [0.29, 0.717) is 48.2 Å². The predicted molar refractivity (Wildman–Crippen MR) is 109 cm³/mol. The van der Waals surface area contributed by atoms with E-state index in [0.717, 1.165) is 12.6 Å². The molecular weight excluding hydrogens is 432 g/mol. The van der Waals surface area contributed by atoms with E-state index in [9.17, 15) is 17.6 Å². The Morgan fingerprint density at radius 3 is 2.75 bits per heavy atom. The van der Waals surface area contributed by atoms with Crippen LogP contribution in [-0.2, 0) is 10.9 Å². The molecule has 2 heterocycles. The van der Waals surface area contributed by atoms with E-state index < -0.39 is 17.6 Å². The lowest BCUT2D eigenvalue weighted by atomic mass is 10.1. The minimum absolute atomic E-state index is 0.0277. The van der Waals surface area contributed by atoms with Crippen LogP contribution in [0.5, 0.6) is 11.5 Å². The summed E-state index contributed by atoms with van der Waals surface area (Å²) in [5.41, 5.74) is -0.854. The molecule has 1 aromatic heterocycles. The third-order valence-corrected chi connectivity index (χ3v) is 4.88. The fourth-order valence-electron chi connectivity index (χ4n) is 3.30. The summed E-state index contributed by atoms with van der Waals surface area (Å²) < 4.78 is 69.6. The molecule has 32 heavy (non-hydrogen) atoms. The molecule has 7 nitrogen and oxygen atoms in total. The van der Waals surface area contributed by atoms with Crippen molar-refractivity contribution in [2.75, 3.05) is 38.7 Å². The van der Waals surface area contributed by atoms with Crippen LogP contribution < -0.4 is 20.1 Å². The van der Waals surface area contributed by atoms with Crippen molar-refractivity contribution in [3.8, 4) is 11.5 Å². The van der Waals surface area contributed by atoms with Crippen LogP contribution in [-0.4, -0.2) is 49.5 Å². The maximum absolute atomic E-state index is 13.6. The number of aromatic nitrogens is 2. The number of ether oxygens (including phenoxy) is 3. The van der Waals surface area contributed by atoms with Gasteiger partial charge in [-0.15, -0.1) is 0 Å².